The van der Waals surface area contributed by atoms with Crippen LogP contribution in [0.2, 0.25) is 0 Å². The van der Waals surface area contributed by atoms with Gasteiger partial charge in [0.15, 0.2) is 0 Å². The number of aromatic nitrogens is 2. The van der Waals surface area contributed by atoms with Crippen LogP contribution in [0, 0.1) is 0 Å². The molecule has 6 heteroatoms. The van der Waals surface area contributed by atoms with E-state index in [1.165, 1.54) is 18.7 Å². The molecule has 0 aliphatic rings. The Labute approximate surface area is 55.9 Å². The van der Waals surface area contributed by atoms with Gasteiger partial charge in [-0.15, -0.1) is 4.99 Å². The molecule has 10 heavy (non-hydrogen) atoms. The number of nitrogens with one attached hydrogen (secondary N) is 1. The predicted octanol–water partition coefficient (Wildman–Crippen LogP) is -0.155. The van der Waals surface area contributed by atoms with Gasteiger partial charge in [0.05, 0.1) is 0 Å². The highest BCUT2D eigenvalue weighted by Gasteiger charge is 1.99. The van der Waals surface area contributed by atoms with Gasteiger partial charge in [0.25, 0.3) is 0 Å². The third-order valence-electron chi connectivity index (χ3n) is 0.872. The molecule has 54 valence electrons. The van der Waals surface area contributed by atoms with Crippen LogP contribution in [0.1, 0.15) is 0 Å². The maximum absolute atomic E-state index is 10.6. The fraction of sp³-hybridized carbons (Fsp3) is 0. The van der Waals surface area contributed by atoms with Crippen LogP contribution in [0.3, 0.4) is 0 Å². The van der Waals surface area contributed by atoms with Crippen LogP contribution < -0.4 is 5.48 Å². The maximum atomic E-state index is 10.6. The molecule has 1 rings (SSSR count). The normalized spacial score (nSPS) is 9.30. The van der Waals surface area contributed by atoms with Crippen LogP contribution in [-0.4, -0.2) is 20.8 Å². The predicted molar refractivity (Wildman–Crippen MR) is 29.9 cm³/mol. The van der Waals surface area contributed by atoms with E-state index in [-0.39, 0.29) is 0 Å². The van der Waals surface area contributed by atoms with E-state index < -0.39 is 6.03 Å². The Bertz CT molecular complexity index is 208. The smallest absolute Gasteiger partial charge is 0.256 e. The van der Waals surface area contributed by atoms with Crippen LogP contribution in [0.5, 0.6) is 0 Å². The second-order valence-corrected chi connectivity index (χ2v) is 1.47. The van der Waals surface area contributed by atoms with Crippen LogP contribution in [-0.2, 0) is 4.99 Å². The zero-order chi connectivity index (χ0) is 7.40. The number of carbonyl (C=O) groups excluding carboxylic acids is 1. The van der Waals surface area contributed by atoms with Gasteiger partial charge in [-0.3, -0.25) is 4.57 Å². The number of carbonyl (C=O) groups is 1. The van der Waals surface area contributed by atoms with Gasteiger partial charge in [0, 0.05) is 12.4 Å². The number of amides is 1. The molecule has 0 atom stereocenters. The number of hydrogen-bond acceptors (Lipinski definition) is 4. The van der Waals surface area contributed by atoms with Crippen LogP contribution in [0.4, 0.5) is 4.79 Å². The third kappa shape index (κ3) is 1.30. The lowest BCUT2D eigenvalue weighted by Gasteiger charge is -1.97. The molecule has 0 aliphatic heterocycles. The minimum Gasteiger partial charge on any atom is -0.256 e. The van der Waals surface area contributed by atoms with E-state index in [9.17, 15) is 4.79 Å². The Hall–Kier alpha value is -1.40. The molecule has 0 saturated carbocycles. The molecule has 0 aliphatic carbocycles. The topological polar surface area (TPSA) is 76.4 Å². The Balaban J connectivity index is 2.59. The van der Waals surface area contributed by atoms with Crippen molar-refractivity contribution in [1.82, 2.24) is 15.0 Å². The molecule has 6 nitrogen and oxygen atoms in total. The van der Waals surface area contributed by atoms with Crippen LogP contribution in [0.25, 0.3) is 0 Å². The molecule has 0 fully saturated rings. The highest BCUT2D eigenvalue weighted by atomic mass is 17.2. The van der Waals surface area contributed by atoms with E-state index in [0.717, 1.165) is 4.57 Å². The van der Waals surface area contributed by atoms with E-state index in [2.05, 4.69) is 9.97 Å². The highest BCUT2D eigenvalue weighted by Crippen LogP contribution is 1.82. The summed E-state index contributed by atoms with van der Waals surface area (Å²) in [7, 11) is 0. The van der Waals surface area contributed by atoms with Gasteiger partial charge in [-0.1, -0.05) is 0 Å². The standard InChI is InChI=1S/C4H5N3O3/c8-4(6-10-9)7-2-1-5-3-7/h1-3,9H,(H,6,8). The first kappa shape index (κ1) is 6.72. The van der Waals surface area contributed by atoms with E-state index in [4.69, 9.17) is 5.26 Å². The number of rotatable bonds is 1. The van der Waals surface area contributed by atoms with Gasteiger partial charge in [-0.25, -0.2) is 15.0 Å². The Morgan fingerprint density at radius 1 is 1.80 bits per heavy atom. The Morgan fingerprint density at radius 2 is 2.60 bits per heavy atom. The van der Waals surface area contributed by atoms with Crippen molar-refractivity contribution in [2.45, 2.75) is 0 Å². The third-order valence-corrected chi connectivity index (χ3v) is 0.872. The first-order valence-corrected chi connectivity index (χ1v) is 2.43. The summed E-state index contributed by atoms with van der Waals surface area (Å²) in [6.07, 6.45) is 4.11. The quantitative estimate of drug-likeness (QED) is 0.423. The van der Waals surface area contributed by atoms with Gasteiger partial charge in [0.1, 0.15) is 6.33 Å². The molecule has 0 spiro atoms. The maximum Gasteiger partial charge on any atom is 0.353 e. The number of hydrogen-bond donors (Lipinski definition) is 2. The van der Waals surface area contributed by atoms with Crippen LogP contribution >= 0.6 is 0 Å². The summed E-state index contributed by atoms with van der Waals surface area (Å²) in [6.45, 7) is 0. The minimum absolute atomic E-state index is 0.611. The molecule has 1 heterocycles. The summed E-state index contributed by atoms with van der Waals surface area (Å²) in [5.41, 5.74) is 1.69. The number of nitrogens with zero attached hydrogens (tertiary/aromatic N) is 2. The van der Waals surface area contributed by atoms with E-state index in [1.54, 1.807) is 5.48 Å². The summed E-state index contributed by atoms with van der Waals surface area (Å²) in [4.78, 5) is 17.6. The minimum atomic E-state index is -0.611. The van der Waals surface area contributed by atoms with Crippen molar-refractivity contribution < 1.29 is 15.0 Å². The molecular formula is C4H5N3O3. The molecule has 2 N–H and O–H groups in total. The second-order valence-electron chi connectivity index (χ2n) is 1.47. The van der Waals surface area contributed by atoms with Crippen molar-refractivity contribution in [2.75, 3.05) is 0 Å². The van der Waals surface area contributed by atoms with Gasteiger partial charge in [0.2, 0.25) is 0 Å². The van der Waals surface area contributed by atoms with Crippen molar-refractivity contribution in [3.8, 4) is 0 Å². The first-order chi connectivity index (χ1) is 4.84. The van der Waals surface area contributed by atoms with Crippen molar-refractivity contribution in [3.05, 3.63) is 18.7 Å². The SMILES string of the molecule is O=C(NOO)n1ccnc1. The zero-order valence-corrected chi connectivity index (χ0v) is 4.89. The van der Waals surface area contributed by atoms with Gasteiger partial charge in [-0.2, -0.15) is 5.48 Å². The zero-order valence-electron chi connectivity index (χ0n) is 4.89. The van der Waals surface area contributed by atoms with E-state index >= 15 is 0 Å². The highest BCUT2D eigenvalue weighted by molar-refractivity contribution is 5.75. The molecule has 1 amide bonds. The lowest BCUT2D eigenvalue weighted by molar-refractivity contribution is -0.277. The van der Waals surface area contributed by atoms with E-state index in [0.29, 0.717) is 0 Å². The molecule has 0 radical (unpaired) electrons. The average Bonchev–Trinajstić information content (AvgIpc) is 2.38. The van der Waals surface area contributed by atoms with Crippen LogP contribution in [0.15, 0.2) is 18.7 Å². The molecule has 1 aromatic heterocycles. The lowest BCUT2D eigenvalue weighted by Crippen LogP contribution is -2.26. The number of imidazole rings is 1. The van der Waals surface area contributed by atoms with Crippen molar-refractivity contribution in [3.63, 3.8) is 0 Å². The second kappa shape index (κ2) is 2.95. The Kier molecular flexibility index (Phi) is 1.98. The summed E-state index contributed by atoms with van der Waals surface area (Å²) >= 11 is 0. The molecule has 0 aromatic carbocycles. The average molecular weight is 143 g/mol. The molecule has 0 unspecified atom stereocenters. The van der Waals surface area contributed by atoms with Gasteiger partial charge in [-0.05, 0) is 0 Å². The van der Waals surface area contributed by atoms with Crippen molar-refractivity contribution >= 4 is 6.03 Å². The lowest BCUT2D eigenvalue weighted by atomic mass is 10.9. The summed E-state index contributed by atoms with van der Waals surface area (Å²) in [6, 6.07) is -0.611. The molecular weight excluding hydrogens is 138 g/mol. The van der Waals surface area contributed by atoms with Gasteiger partial charge >= 0.3 is 6.03 Å². The largest absolute Gasteiger partial charge is 0.353 e. The van der Waals surface area contributed by atoms with Crippen molar-refractivity contribution in [2.24, 2.45) is 0 Å². The van der Waals surface area contributed by atoms with Crippen molar-refractivity contribution in [1.29, 1.82) is 0 Å². The fourth-order valence-electron chi connectivity index (χ4n) is 0.471. The number of hydroxylamine groups is 1. The molecule has 1 aromatic rings. The molecule has 0 saturated heterocycles. The van der Waals surface area contributed by atoms with Gasteiger partial charge < -0.3 is 0 Å². The summed E-state index contributed by atoms with van der Waals surface area (Å²) in [5.74, 6) is 0. The molecule has 0 bridgehead atoms. The summed E-state index contributed by atoms with van der Waals surface area (Å²) < 4.78 is 1.11. The van der Waals surface area contributed by atoms with E-state index in [1.807, 2.05) is 0 Å². The fourth-order valence-corrected chi connectivity index (χ4v) is 0.471. The Morgan fingerprint density at radius 3 is 3.10 bits per heavy atom. The first-order valence-electron chi connectivity index (χ1n) is 2.43. The summed E-state index contributed by atoms with van der Waals surface area (Å²) in [5, 5.41) is 7.77. The monoisotopic (exact) mass is 143 g/mol.